The van der Waals surface area contributed by atoms with Crippen LogP contribution in [0.2, 0.25) is 0 Å². The Morgan fingerprint density at radius 1 is 1.33 bits per heavy atom. The molecule has 7 heteroatoms. The summed E-state index contributed by atoms with van der Waals surface area (Å²) in [5.74, 6) is 0.172. The molecule has 1 unspecified atom stereocenters. The van der Waals surface area contributed by atoms with Crippen molar-refractivity contribution in [2.75, 3.05) is 26.7 Å². The van der Waals surface area contributed by atoms with Crippen molar-refractivity contribution >= 4 is 17.9 Å². The van der Waals surface area contributed by atoms with Crippen LogP contribution in [0.25, 0.3) is 6.08 Å². The fraction of sp³-hybridized carbons (Fsp3) is 0.400. The number of carbonyl (C=O) groups excluding carboxylic acids is 2. The number of likely N-dealkylation sites (tertiary alicyclic amines) is 1. The Morgan fingerprint density at radius 3 is 2.81 bits per heavy atom. The van der Waals surface area contributed by atoms with Gasteiger partial charge in [-0.2, -0.15) is 0 Å². The van der Waals surface area contributed by atoms with Crippen molar-refractivity contribution in [3.8, 4) is 0 Å². The second-order valence-electron chi connectivity index (χ2n) is 6.83. The molecule has 1 aliphatic heterocycles. The standard InChI is InChI=1S/C20H25N5O2/c1-3-24-14-17(12-19(24)26)13-23(2)20(27)18-15-25(22-21-18)11-7-10-16-8-5-4-6-9-16/h4-10,15,17H,3,11-14H2,1-2H3. The second kappa shape index (κ2) is 8.62. The van der Waals surface area contributed by atoms with Gasteiger partial charge < -0.3 is 9.80 Å². The summed E-state index contributed by atoms with van der Waals surface area (Å²) in [6.45, 7) is 4.49. The van der Waals surface area contributed by atoms with E-state index in [1.165, 1.54) is 0 Å². The molecular formula is C20H25N5O2. The van der Waals surface area contributed by atoms with E-state index in [0.717, 1.165) is 12.1 Å². The minimum absolute atomic E-state index is 0.166. The monoisotopic (exact) mass is 367 g/mol. The molecule has 0 N–H and O–H groups in total. The quantitative estimate of drug-likeness (QED) is 0.750. The van der Waals surface area contributed by atoms with Gasteiger partial charge in [-0.25, -0.2) is 4.68 Å². The lowest BCUT2D eigenvalue weighted by molar-refractivity contribution is -0.127. The molecule has 27 heavy (non-hydrogen) atoms. The van der Waals surface area contributed by atoms with Crippen LogP contribution in [0.5, 0.6) is 0 Å². The average Bonchev–Trinajstić information content (AvgIpc) is 3.28. The highest BCUT2D eigenvalue weighted by atomic mass is 16.2. The highest BCUT2D eigenvalue weighted by Gasteiger charge is 2.30. The topological polar surface area (TPSA) is 71.3 Å². The van der Waals surface area contributed by atoms with Crippen LogP contribution in [0.1, 0.15) is 29.4 Å². The van der Waals surface area contributed by atoms with Crippen molar-refractivity contribution in [2.24, 2.45) is 5.92 Å². The second-order valence-corrected chi connectivity index (χ2v) is 6.83. The molecule has 0 aliphatic carbocycles. The van der Waals surface area contributed by atoms with Crippen LogP contribution in [0.15, 0.2) is 42.6 Å². The molecule has 7 nitrogen and oxygen atoms in total. The van der Waals surface area contributed by atoms with Crippen LogP contribution in [0, 0.1) is 5.92 Å². The van der Waals surface area contributed by atoms with Crippen LogP contribution in [0.3, 0.4) is 0 Å². The van der Waals surface area contributed by atoms with Gasteiger partial charge in [0.2, 0.25) is 5.91 Å². The molecule has 0 bridgehead atoms. The Balaban J connectivity index is 1.53. The minimum atomic E-state index is -0.171. The summed E-state index contributed by atoms with van der Waals surface area (Å²) >= 11 is 0. The van der Waals surface area contributed by atoms with E-state index < -0.39 is 0 Å². The number of carbonyl (C=O) groups is 2. The van der Waals surface area contributed by atoms with Crippen molar-refractivity contribution in [1.29, 1.82) is 0 Å². The van der Waals surface area contributed by atoms with Crippen LogP contribution < -0.4 is 0 Å². The summed E-state index contributed by atoms with van der Waals surface area (Å²) in [6, 6.07) is 9.99. The highest BCUT2D eigenvalue weighted by Crippen LogP contribution is 2.18. The van der Waals surface area contributed by atoms with Crippen molar-refractivity contribution in [2.45, 2.75) is 19.9 Å². The van der Waals surface area contributed by atoms with E-state index in [-0.39, 0.29) is 17.7 Å². The summed E-state index contributed by atoms with van der Waals surface area (Å²) in [7, 11) is 1.75. The molecule has 1 aromatic carbocycles. The van der Waals surface area contributed by atoms with Gasteiger partial charge in [0.1, 0.15) is 0 Å². The van der Waals surface area contributed by atoms with E-state index in [0.29, 0.717) is 31.7 Å². The predicted molar refractivity (Wildman–Crippen MR) is 103 cm³/mol. The van der Waals surface area contributed by atoms with Gasteiger partial charge in [0, 0.05) is 39.0 Å². The molecule has 1 saturated heterocycles. The van der Waals surface area contributed by atoms with Gasteiger partial charge in [-0.15, -0.1) is 5.10 Å². The van der Waals surface area contributed by atoms with E-state index >= 15 is 0 Å². The Bertz CT molecular complexity index is 815. The number of benzene rings is 1. The molecule has 142 valence electrons. The lowest BCUT2D eigenvalue weighted by Crippen LogP contribution is -2.33. The molecule has 0 radical (unpaired) electrons. The molecule has 1 fully saturated rings. The molecule has 3 rings (SSSR count). The van der Waals surface area contributed by atoms with Gasteiger partial charge in [-0.3, -0.25) is 9.59 Å². The predicted octanol–water partition coefficient (Wildman–Crippen LogP) is 1.93. The molecule has 2 aromatic rings. The molecule has 0 spiro atoms. The van der Waals surface area contributed by atoms with Gasteiger partial charge in [0.15, 0.2) is 5.69 Å². The summed E-state index contributed by atoms with van der Waals surface area (Å²) in [6.07, 6.45) is 6.14. The molecule has 1 aliphatic rings. The molecular weight excluding hydrogens is 342 g/mol. The summed E-state index contributed by atoms with van der Waals surface area (Å²) in [5, 5.41) is 8.02. The van der Waals surface area contributed by atoms with Gasteiger partial charge in [-0.05, 0) is 12.5 Å². The maximum atomic E-state index is 12.6. The van der Waals surface area contributed by atoms with Gasteiger partial charge in [0.25, 0.3) is 5.91 Å². The normalized spacial score (nSPS) is 17.0. The summed E-state index contributed by atoms with van der Waals surface area (Å²) < 4.78 is 1.64. The largest absolute Gasteiger partial charge is 0.343 e. The van der Waals surface area contributed by atoms with Crippen molar-refractivity contribution in [3.05, 3.63) is 53.9 Å². The molecule has 2 amide bonds. The fourth-order valence-corrected chi connectivity index (χ4v) is 3.29. The van der Waals surface area contributed by atoms with E-state index in [9.17, 15) is 9.59 Å². The third-order valence-electron chi connectivity index (χ3n) is 4.72. The molecule has 2 heterocycles. The summed E-state index contributed by atoms with van der Waals surface area (Å²) in [5.41, 5.74) is 1.43. The van der Waals surface area contributed by atoms with Gasteiger partial charge >= 0.3 is 0 Å². The first-order valence-corrected chi connectivity index (χ1v) is 9.21. The third-order valence-corrected chi connectivity index (χ3v) is 4.72. The van der Waals surface area contributed by atoms with E-state index in [2.05, 4.69) is 10.3 Å². The van der Waals surface area contributed by atoms with Crippen LogP contribution in [-0.2, 0) is 11.3 Å². The zero-order valence-electron chi connectivity index (χ0n) is 15.8. The number of hydrogen-bond acceptors (Lipinski definition) is 4. The Labute approximate surface area is 159 Å². The maximum Gasteiger partial charge on any atom is 0.275 e. The molecule has 1 atom stereocenters. The first-order chi connectivity index (χ1) is 13.1. The fourth-order valence-electron chi connectivity index (χ4n) is 3.29. The Hall–Kier alpha value is -2.96. The number of allylic oxidation sites excluding steroid dienone is 1. The first kappa shape index (κ1) is 18.8. The molecule has 1 aromatic heterocycles. The zero-order chi connectivity index (χ0) is 19.2. The van der Waals surface area contributed by atoms with E-state index in [1.807, 2.05) is 54.3 Å². The smallest absolute Gasteiger partial charge is 0.275 e. The number of amides is 2. The number of rotatable bonds is 7. The van der Waals surface area contributed by atoms with Crippen LogP contribution in [0.4, 0.5) is 0 Å². The van der Waals surface area contributed by atoms with Crippen LogP contribution >= 0.6 is 0 Å². The van der Waals surface area contributed by atoms with Gasteiger partial charge in [-0.1, -0.05) is 47.7 Å². The molecule has 0 saturated carbocycles. The summed E-state index contributed by atoms with van der Waals surface area (Å²) in [4.78, 5) is 27.9. The number of nitrogens with zero attached hydrogens (tertiary/aromatic N) is 5. The average molecular weight is 367 g/mol. The van der Waals surface area contributed by atoms with Crippen molar-refractivity contribution in [3.63, 3.8) is 0 Å². The maximum absolute atomic E-state index is 12.6. The Kier molecular flexibility index (Phi) is 6.01. The first-order valence-electron chi connectivity index (χ1n) is 9.21. The van der Waals surface area contributed by atoms with Gasteiger partial charge in [0.05, 0.1) is 12.7 Å². The van der Waals surface area contributed by atoms with Crippen molar-refractivity contribution in [1.82, 2.24) is 24.8 Å². The number of hydrogen-bond donors (Lipinski definition) is 0. The number of aromatic nitrogens is 3. The van der Waals surface area contributed by atoms with Crippen molar-refractivity contribution < 1.29 is 9.59 Å². The Morgan fingerprint density at radius 2 is 2.11 bits per heavy atom. The lowest BCUT2D eigenvalue weighted by atomic mass is 10.1. The van der Waals surface area contributed by atoms with E-state index in [1.54, 1.807) is 22.8 Å². The minimum Gasteiger partial charge on any atom is -0.343 e. The highest BCUT2D eigenvalue weighted by molar-refractivity contribution is 5.91. The zero-order valence-corrected chi connectivity index (χ0v) is 15.8. The van der Waals surface area contributed by atoms with E-state index in [4.69, 9.17) is 0 Å². The third kappa shape index (κ3) is 4.81. The SMILES string of the molecule is CCN1CC(CN(C)C(=O)c2cn(CC=Cc3ccccc3)nn2)CC1=O. The van der Waals surface area contributed by atoms with Crippen LogP contribution in [-0.4, -0.2) is 63.3 Å². The lowest BCUT2D eigenvalue weighted by Gasteiger charge is -2.20.